The monoisotopic (exact) mass is 182 g/mol. The molecule has 0 amide bonds. The molecule has 0 saturated carbocycles. The first-order valence-corrected chi connectivity index (χ1v) is 3.18. The third-order valence-electron chi connectivity index (χ3n) is 1.07. The van der Waals surface area contributed by atoms with E-state index in [-0.39, 0.29) is 6.29 Å². The van der Waals surface area contributed by atoms with Crippen molar-refractivity contribution in [3.8, 4) is 0 Å². The number of aliphatic hydroxyl groups excluding tert-OH is 5. The molecule has 0 radical (unpaired) electrons. The summed E-state index contributed by atoms with van der Waals surface area (Å²) in [6.07, 6.45) is -4.63. The van der Waals surface area contributed by atoms with Crippen molar-refractivity contribution >= 4 is 6.29 Å². The van der Waals surface area contributed by atoms with Crippen LogP contribution in [0.4, 0.5) is 0 Å². The van der Waals surface area contributed by atoms with Gasteiger partial charge in [-0.15, -0.1) is 0 Å². The van der Waals surface area contributed by atoms with Gasteiger partial charge in [-0.2, -0.15) is 0 Å². The molecule has 0 fully saturated rings. The van der Waals surface area contributed by atoms with Gasteiger partial charge in [0.2, 0.25) is 0 Å². The third-order valence-corrected chi connectivity index (χ3v) is 1.07. The summed E-state index contributed by atoms with van der Waals surface area (Å²) in [5.41, 5.74) is 0. The molecule has 0 unspecified atom stereocenters. The van der Waals surface area contributed by atoms with Crippen molar-refractivity contribution < 1.29 is 30.3 Å². The fourth-order valence-corrected chi connectivity index (χ4v) is 0.416. The fourth-order valence-electron chi connectivity index (χ4n) is 0.416. The van der Waals surface area contributed by atoms with Crippen molar-refractivity contribution in [2.24, 2.45) is 0 Å². The lowest BCUT2D eigenvalue weighted by molar-refractivity contribution is -0.127. The molecule has 74 valence electrons. The van der Waals surface area contributed by atoms with Crippen molar-refractivity contribution in [3.05, 3.63) is 0 Å². The van der Waals surface area contributed by atoms with Gasteiger partial charge < -0.3 is 30.3 Å². The third kappa shape index (κ3) is 5.16. The molecule has 0 rings (SSSR count). The molecule has 0 aromatic rings. The first-order valence-electron chi connectivity index (χ1n) is 3.18. The van der Waals surface area contributed by atoms with E-state index in [1.165, 1.54) is 0 Å². The van der Waals surface area contributed by atoms with Gasteiger partial charge in [-0.1, -0.05) is 0 Å². The minimum atomic E-state index is -1.64. The van der Waals surface area contributed by atoms with Crippen molar-refractivity contribution in [3.63, 3.8) is 0 Å². The number of aldehydes is 1. The van der Waals surface area contributed by atoms with E-state index in [1.807, 2.05) is 0 Å². The second-order valence-corrected chi connectivity index (χ2v) is 1.87. The lowest BCUT2D eigenvalue weighted by atomic mass is 10.1. The average Bonchev–Trinajstić information content (AvgIpc) is 2.17. The van der Waals surface area contributed by atoms with Crippen LogP contribution in [0, 0.1) is 0 Å². The summed E-state index contributed by atoms with van der Waals surface area (Å²) < 4.78 is 0. The highest BCUT2D eigenvalue weighted by Crippen LogP contribution is 1.96. The van der Waals surface area contributed by atoms with E-state index < -0.39 is 24.9 Å². The molecule has 0 aliphatic carbocycles. The Balaban J connectivity index is 0. The highest BCUT2D eigenvalue weighted by molar-refractivity contribution is 5.56. The molecule has 5 N–H and O–H groups in total. The van der Waals surface area contributed by atoms with Gasteiger partial charge in [-0.05, 0) is 0 Å². The molecule has 0 saturated heterocycles. The predicted molar refractivity (Wildman–Crippen MR) is 39.3 cm³/mol. The van der Waals surface area contributed by atoms with Crippen LogP contribution >= 0.6 is 0 Å². The van der Waals surface area contributed by atoms with E-state index in [0.717, 1.165) is 7.11 Å². The van der Waals surface area contributed by atoms with E-state index in [4.69, 9.17) is 25.5 Å². The Labute approximate surface area is 69.7 Å². The van der Waals surface area contributed by atoms with Crippen LogP contribution in [0.2, 0.25) is 0 Å². The number of hydrogen-bond acceptors (Lipinski definition) is 6. The van der Waals surface area contributed by atoms with Gasteiger partial charge in [0.25, 0.3) is 0 Å². The van der Waals surface area contributed by atoms with Crippen LogP contribution in [-0.4, -0.2) is 63.8 Å². The minimum Gasteiger partial charge on any atom is -0.400 e. The summed E-state index contributed by atoms with van der Waals surface area (Å²) in [6, 6.07) is 0. The van der Waals surface area contributed by atoms with Crippen molar-refractivity contribution in [1.29, 1.82) is 0 Å². The molecule has 0 bridgehead atoms. The molecule has 0 aromatic heterocycles. The Hall–Kier alpha value is -0.530. The number of aliphatic hydroxyl groups is 5. The lowest BCUT2D eigenvalue weighted by Gasteiger charge is -2.16. The molecule has 0 aromatic carbocycles. The van der Waals surface area contributed by atoms with Gasteiger partial charge in [-0.3, -0.25) is 0 Å². The Morgan fingerprint density at radius 3 is 1.92 bits per heavy atom. The summed E-state index contributed by atoms with van der Waals surface area (Å²) in [7, 11) is 1.00. The van der Waals surface area contributed by atoms with Crippen molar-refractivity contribution in [1.82, 2.24) is 0 Å². The standard InChI is InChI=1S/C5H10O5.CH4O/c6-1-3(8)5(10)4(9)2-7;1-2/h1,3-5,7-10H,2H2;2H,1H3/t3-,4-,5+;/m1./s1. The van der Waals surface area contributed by atoms with Crippen LogP contribution in [0.5, 0.6) is 0 Å². The maximum Gasteiger partial charge on any atom is 0.151 e. The van der Waals surface area contributed by atoms with E-state index in [0.29, 0.717) is 0 Å². The van der Waals surface area contributed by atoms with Crippen LogP contribution in [-0.2, 0) is 4.79 Å². The molecule has 0 heterocycles. The summed E-state index contributed by atoms with van der Waals surface area (Å²) in [6.45, 7) is -0.688. The van der Waals surface area contributed by atoms with Gasteiger partial charge in [0, 0.05) is 7.11 Å². The molecular formula is C6H14O6. The van der Waals surface area contributed by atoms with E-state index in [1.54, 1.807) is 0 Å². The van der Waals surface area contributed by atoms with Gasteiger partial charge >= 0.3 is 0 Å². The van der Waals surface area contributed by atoms with Crippen LogP contribution in [0.1, 0.15) is 0 Å². The van der Waals surface area contributed by atoms with E-state index in [2.05, 4.69) is 0 Å². The highest BCUT2D eigenvalue weighted by atomic mass is 16.4. The van der Waals surface area contributed by atoms with Gasteiger partial charge in [0.15, 0.2) is 6.29 Å². The van der Waals surface area contributed by atoms with Gasteiger partial charge in [0.05, 0.1) is 6.61 Å². The maximum absolute atomic E-state index is 9.76. The lowest BCUT2D eigenvalue weighted by Crippen LogP contribution is -2.40. The Morgan fingerprint density at radius 1 is 1.25 bits per heavy atom. The second kappa shape index (κ2) is 8.57. The summed E-state index contributed by atoms with van der Waals surface area (Å²) in [5, 5.41) is 41.1. The quantitative estimate of drug-likeness (QED) is 0.293. The SMILES string of the molecule is CO.O=C[C@@H](O)[C@H](O)[C@H](O)CO. The molecule has 0 aliphatic heterocycles. The van der Waals surface area contributed by atoms with Crippen LogP contribution < -0.4 is 0 Å². The minimum absolute atomic E-state index is 0.0869. The Bertz CT molecular complexity index is 106. The molecule has 6 nitrogen and oxygen atoms in total. The molecular weight excluding hydrogens is 168 g/mol. The van der Waals surface area contributed by atoms with Crippen molar-refractivity contribution in [2.45, 2.75) is 18.3 Å². The highest BCUT2D eigenvalue weighted by Gasteiger charge is 2.22. The predicted octanol–water partition coefficient (Wildman–Crippen LogP) is -3.13. The molecule has 3 atom stereocenters. The smallest absolute Gasteiger partial charge is 0.151 e. The Kier molecular flexibility index (Phi) is 10.0. The zero-order valence-electron chi connectivity index (χ0n) is 6.66. The van der Waals surface area contributed by atoms with E-state index >= 15 is 0 Å². The Morgan fingerprint density at radius 2 is 1.67 bits per heavy atom. The first kappa shape index (κ1) is 14.0. The number of carbonyl (C=O) groups excluding carboxylic acids is 1. The number of carbonyl (C=O) groups is 1. The van der Waals surface area contributed by atoms with Crippen molar-refractivity contribution in [2.75, 3.05) is 13.7 Å². The number of rotatable bonds is 4. The van der Waals surface area contributed by atoms with Crippen LogP contribution in [0.15, 0.2) is 0 Å². The van der Waals surface area contributed by atoms with Crippen LogP contribution in [0.25, 0.3) is 0 Å². The van der Waals surface area contributed by atoms with Gasteiger partial charge in [-0.25, -0.2) is 0 Å². The largest absolute Gasteiger partial charge is 0.400 e. The summed E-state index contributed by atoms with van der Waals surface area (Å²) >= 11 is 0. The average molecular weight is 182 g/mol. The second-order valence-electron chi connectivity index (χ2n) is 1.87. The zero-order chi connectivity index (χ0) is 10.1. The number of hydrogen-bond donors (Lipinski definition) is 5. The maximum atomic E-state index is 9.76. The van der Waals surface area contributed by atoms with E-state index in [9.17, 15) is 4.79 Å². The zero-order valence-corrected chi connectivity index (χ0v) is 6.66. The summed E-state index contributed by atoms with van der Waals surface area (Å²) in [5.74, 6) is 0. The molecule has 0 aliphatic rings. The topological polar surface area (TPSA) is 118 Å². The molecule has 0 spiro atoms. The summed E-state index contributed by atoms with van der Waals surface area (Å²) in [4.78, 5) is 9.76. The molecule has 12 heavy (non-hydrogen) atoms. The van der Waals surface area contributed by atoms with Gasteiger partial charge in [0.1, 0.15) is 18.3 Å². The fraction of sp³-hybridized carbons (Fsp3) is 0.833. The normalized spacial score (nSPS) is 16.8. The first-order chi connectivity index (χ1) is 5.63. The molecule has 6 heteroatoms. The van der Waals surface area contributed by atoms with Crippen LogP contribution in [0.3, 0.4) is 0 Å².